The number of fused-ring (bicyclic) bond motifs is 9. The molecule has 0 aromatic heterocycles. The van der Waals surface area contributed by atoms with Crippen LogP contribution in [0.15, 0.2) is 10.1 Å². The van der Waals surface area contributed by atoms with Gasteiger partial charge in [-0.25, -0.2) is 0 Å². The van der Waals surface area contributed by atoms with E-state index in [4.69, 9.17) is 69.6 Å². The summed E-state index contributed by atoms with van der Waals surface area (Å²) in [6.07, 6.45) is -1.09. The molecule has 4 rings (SSSR count). The number of aliphatic hydroxyl groups excluding tert-OH is 2. The summed E-state index contributed by atoms with van der Waals surface area (Å²) in [5, 5.41) is 20.6. The molecule has 20 heavy (non-hydrogen) atoms. The third-order valence-electron chi connectivity index (χ3n) is 5.75. The molecule has 4 aliphatic carbocycles. The Labute approximate surface area is 145 Å². The van der Waals surface area contributed by atoms with E-state index >= 15 is 0 Å². The number of allylic oxidation sites excluding steroid dienone is 2. The number of rotatable bonds is 0. The molecule has 0 heterocycles. The summed E-state index contributed by atoms with van der Waals surface area (Å²) in [6, 6.07) is 0. The zero-order valence-corrected chi connectivity index (χ0v) is 14.4. The lowest BCUT2D eigenvalue weighted by Crippen LogP contribution is -2.50. The summed E-state index contributed by atoms with van der Waals surface area (Å²) in [7, 11) is 0. The molecule has 2 nitrogen and oxygen atoms in total. The van der Waals surface area contributed by atoms with Crippen LogP contribution in [-0.2, 0) is 0 Å². The van der Waals surface area contributed by atoms with E-state index < -0.39 is 26.3 Å². The molecule has 8 heteroatoms. The Bertz CT molecular complexity index is 506. The van der Waals surface area contributed by atoms with Gasteiger partial charge >= 0.3 is 0 Å². The minimum absolute atomic E-state index is 0.163. The highest BCUT2D eigenvalue weighted by Crippen LogP contribution is 2.82. The summed E-state index contributed by atoms with van der Waals surface area (Å²) in [5.74, 6) is -1.05. The first-order valence-corrected chi connectivity index (χ1v) is 8.56. The molecule has 0 aliphatic heterocycles. The van der Waals surface area contributed by atoms with Crippen molar-refractivity contribution in [1.82, 2.24) is 0 Å². The maximum absolute atomic E-state index is 10.2. The first kappa shape index (κ1) is 15.0. The topological polar surface area (TPSA) is 40.5 Å². The number of halogens is 6. The van der Waals surface area contributed by atoms with Crippen molar-refractivity contribution in [3.63, 3.8) is 0 Å². The summed E-state index contributed by atoms with van der Waals surface area (Å²) in [6.45, 7) is 0. The predicted octanol–water partition coefficient (Wildman–Crippen LogP) is 3.44. The lowest BCUT2D eigenvalue weighted by Gasteiger charge is -2.42. The number of hydrogen-bond acceptors (Lipinski definition) is 2. The molecule has 0 aromatic carbocycles. The van der Waals surface area contributed by atoms with Crippen molar-refractivity contribution >= 4 is 69.6 Å². The van der Waals surface area contributed by atoms with Gasteiger partial charge in [-0.15, -0.1) is 23.2 Å². The molecule has 0 amide bonds. The Kier molecular flexibility index (Phi) is 2.91. The van der Waals surface area contributed by atoms with Crippen LogP contribution in [-0.4, -0.2) is 36.5 Å². The van der Waals surface area contributed by atoms with Crippen molar-refractivity contribution in [2.24, 2.45) is 23.7 Å². The van der Waals surface area contributed by atoms with Gasteiger partial charge in [-0.1, -0.05) is 46.4 Å². The minimum Gasteiger partial charge on any atom is -0.390 e. The highest BCUT2D eigenvalue weighted by Gasteiger charge is 2.87. The van der Waals surface area contributed by atoms with Gasteiger partial charge in [0.1, 0.15) is 9.75 Å². The average Bonchev–Trinajstić information content (AvgIpc) is 2.97. The molecular formula is C12H10Cl6O2. The predicted molar refractivity (Wildman–Crippen MR) is 80.9 cm³/mol. The van der Waals surface area contributed by atoms with E-state index in [0.29, 0.717) is 6.42 Å². The molecule has 0 spiro atoms. The SMILES string of the molecule is O[C@@H]1[C@H](O)[C@H]2C[C@H]1[C@H]1[C@H]2[C@@]2(Cl)C(Cl)=C(Cl)[C@@]1(Cl)C2(Cl)Cl. The van der Waals surface area contributed by atoms with Gasteiger partial charge in [0.2, 0.25) is 0 Å². The molecular weight excluding hydrogens is 389 g/mol. The van der Waals surface area contributed by atoms with Crippen LogP contribution >= 0.6 is 69.6 Å². The molecule has 0 unspecified atom stereocenters. The second-order valence-electron chi connectivity index (χ2n) is 6.22. The third kappa shape index (κ3) is 1.16. The second kappa shape index (κ2) is 3.89. The zero-order chi connectivity index (χ0) is 14.8. The van der Waals surface area contributed by atoms with E-state index in [1.807, 2.05) is 0 Å². The fraction of sp³-hybridized carbons (Fsp3) is 0.833. The highest BCUT2D eigenvalue weighted by molar-refractivity contribution is 6.65. The van der Waals surface area contributed by atoms with Crippen LogP contribution in [0.3, 0.4) is 0 Å². The van der Waals surface area contributed by atoms with Gasteiger partial charge in [0.25, 0.3) is 0 Å². The first-order valence-electron chi connectivity index (χ1n) is 6.29. The van der Waals surface area contributed by atoms with Gasteiger partial charge in [-0.3, -0.25) is 0 Å². The van der Waals surface area contributed by atoms with E-state index in [2.05, 4.69) is 0 Å². The summed E-state index contributed by atoms with van der Waals surface area (Å²) in [5.41, 5.74) is 0. The van der Waals surface area contributed by atoms with Crippen LogP contribution in [0.5, 0.6) is 0 Å². The standard InChI is InChI=1S/C12H10Cl6O2/c13-8-9(14)11(16)5-3-1-2(6(19)7(3)20)4(5)10(8,15)12(11,17)18/h2-7,19-20H,1H2/t2-,3-,4-,5-,6-,7+,10+,11+/m0/s1. The first-order chi connectivity index (χ1) is 9.11. The minimum atomic E-state index is -1.58. The molecule has 2 N–H and O–H groups in total. The third-order valence-corrected chi connectivity index (χ3v) is 10.0. The van der Waals surface area contributed by atoms with E-state index in [0.717, 1.165) is 0 Å². The number of alkyl halides is 4. The van der Waals surface area contributed by atoms with Crippen LogP contribution in [0.2, 0.25) is 0 Å². The van der Waals surface area contributed by atoms with Gasteiger partial charge in [0.05, 0.1) is 22.3 Å². The molecule has 3 saturated carbocycles. The molecule has 0 radical (unpaired) electrons. The monoisotopic (exact) mass is 396 g/mol. The Morgan fingerprint density at radius 3 is 1.50 bits per heavy atom. The van der Waals surface area contributed by atoms with Crippen LogP contribution in [0.4, 0.5) is 0 Å². The molecule has 4 bridgehead atoms. The van der Waals surface area contributed by atoms with Crippen LogP contribution in [0.25, 0.3) is 0 Å². The van der Waals surface area contributed by atoms with Gasteiger partial charge in [0, 0.05) is 0 Å². The summed E-state index contributed by atoms with van der Waals surface area (Å²) >= 11 is 39.0. The molecule has 3 fully saturated rings. The Hall–Kier alpha value is 1.40. The van der Waals surface area contributed by atoms with Gasteiger partial charge < -0.3 is 10.2 Å². The molecule has 4 aliphatic rings. The number of hydrogen-bond donors (Lipinski definition) is 2. The fourth-order valence-corrected chi connectivity index (χ4v) is 8.14. The van der Waals surface area contributed by atoms with Crippen LogP contribution < -0.4 is 0 Å². The van der Waals surface area contributed by atoms with Crippen molar-refractivity contribution in [1.29, 1.82) is 0 Å². The Morgan fingerprint density at radius 1 is 0.800 bits per heavy atom. The summed E-state index contributed by atoms with van der Waals surface area (Å²) < 4.78 is -1.58. The van der Waals surface area contributed by atoms with E-state index in [1.165, 1.54) is 0 Å². The van der Waals surface area contributed by atoms with E-state index in [-0.39, 0.29) is 33.7 Å². The second-order valence-corrected chi connectivity index (χ2v) is 9.50. The lowest BCUT2D eigenvalue weighted by atomic mass is 9.70. The van der Waals surface area contributed by atoms with Crippen molar-refractivity contribution in [3.05, 3.63) is 10.1 Å². The van der Waals surface area contributed by atoms with Crippen molar-refractivity contribution in [2.45, 2.75) is 32.7 Å². The maximum Gasteiger partial charge on any atom is 0.166 e. The van der Waals surface area contributed by atoms with E-state index in [9.17, 15) is 10.2 Å². The normalized spacial score (nSPS) is 62.4. The van der Waals surface area contributed by atoms with Crippen molar-refractivity contribution in [2.75, 3.05) is 0 Å². The largest absolute Gasteiger partial charge is 0.390 e. The molecule has 8 atom stereocenters. The van der Waals surface area contributed by atoms with Crippen LogP contribution in [0.1, 0.15) is 6.42 Å². The fourth-order valence-electron chi connectivity index (χ4n) is 5.01. The Balaban J connectivity index is 1.98. The molecule has 0 saturated heterocycles. The Morgan fingerprint density at radius 2 is 1.15 bits per heavy atom. The smallest absolute Gasteiger partial charge is 0.166 e. The van der Waals surface area contributed by atoms with Gasteiger partial charge in [0.15, 0.2) is 4.33 Å². The van der Waals surface area contributed by atoms with Gasteiger partial charge in [-0.2, -0.15) is 0 Å². The zero-order valence-electron chi connectivity index (χ0n) is 9.83. The van der Waals surface area contributed by atoms with Gasteiger partial charge in [-0.05, 0) is 30.1 Å². The van der Waals surface area contributed by atoms with Crippen LogP contribution in [0, 0.1) is 23.7 Å². The maximum atomic E-state index is 10.2. The van der Waals surface area contributed by atoms with Crippen molar-refractivity contribution in [3.8, 4) is 0 Å². The average molecular weight is 399 g/mol. The number of aliphatic hydroxyl groups is 2. The quantitative estimate of drug-likeness (QED) is 0.484. The van der Waals surface area contributed by atoms with E-state index in [1.54, 1.807) is 0 Å². The lowest BCUT2D eigenvalue weighted by molar-refractivity contribution is -0.0559. The molecule has 0 aromatic rings. The van der Waals surface area contributed by atoms with Crippen molar-refractivity contribution < 1.29 is 10.2 Å². The molecule has 112 valence electrons. The summed E-state index contributed by atoms with van der Waals surface area (Å²) in [4.78, 5) is -2.64. The highest BCUT2D eigenvalue weighted by atomic mass is 35.5.